The minimum Gasteiger partial charge on any atom is -0.379 e. The van der Waals surface area contributed by atoms with Gasteiger partial charge < -0.3 is 14.4 Å². The van der Waals surface area contributed by atoms with E-state index in [1.54, 1.807) is 0 Å². The van der Waals surface area contributed by atoms with E-state index in [0.29, 0.717) is 12.5 Å². The second-order valence-corrected chi connectivity index (χ2v) is 6.97. The third-order valence-corrected chi connectivity index (χ3v) is 5.44. The van der Waals surface area contributed by atoms with Gasteiger partial charge in [-0.15, -0.1) is 11.3 Å². The molecule has 2 aliphatic heterocycles. The lowest BCUT2D eigenvalue weighted by Crippen LogP contribution is -2.37. The maximum Gasteiger partial charge on any atom is 0.264 e. The first-order valence-electron chi connectivity index (χ1n) is 7.37. The maximum absolute atomic E-state index is 12.6. The van der Waals surface area contributed by atoms with Crippen LogP contribution in [0.15, 0.2) is 17.5 Å². The molecule has 0 bridgehead atoms. The lowest BCUT2D eigenvalue weighted by molar-refractivity contribution is 0.0141. The van der Waals surface area contributed by atoms with Gasteiger partial charge in [-0.05, 0) is 30.2 Å². The Hall–Kier alpha value is -0.910. The van der Waals surface area contributed by atoms with E-state index in [9.17, 15) is 4.79 Å². The van der Waals surface area contributed by atoms with Gasteiger partial charge in [-0.3, -0.25) is 4.79 Å². The van der Waals surface area contributed by atoms with Gasteiger partial charge in [0.15, 0.2) is 0 Å². The van der Waals surface area contributed by atoms with Crippen molar-refractivity contribution in [1.82, 2.24) is 4.90 Å². The summed E-state index contributed by atoms with van der Waals surface area (Å²) in [6.07, 6.45) is 2.76. The number of hydrogen-bond donors (Lipinski definition) is 0. The quantitative estimate of drug-likeness (QED) is 0.852. The molecule has 0 N–H and O–H groups in total. The molecule has 4 rings (SSSR count). The van der Waals surface area contributed by atoms with Gasteiger partial charge in [0.2, 0.25) is 0 Å². The summed E-state index contributed by atoms with van der Waals surface area (Å²) in [4.78, 5) is 15.4. The number of thiophene rings is 1. The molecule has 1 aromatic heterocycles. The summed E-state index contributed by atoms with van der Waals surface area (Å²) in [7, 11) is 0. The molecule has 20 heavy (non-hydrogen) atoms. The summed E-state index contributed by atoms with van der Waals surface area (Å²) in [6.45, 7) is 2.97. The molecule has 2 saturated heterocycles. The number of carbonyl (C=O) groups is 1. The molecule has 3 heterocycles. The van der Waals surface area contributed by atoms with E-state index < -0.39 is 0 Å². The van der Waals surface area contributed by atoms with Gasteiger partial charge in [0, 0.05) is 19.1 Å². The second kappa shape index (κ2) is 5.13. The third-order valence-electron chi connectivity index (χ3n) is 4.58. The van der Waals surface area contributed by atoms with Crippen molar-refractivity contribution in [2.24, 2.45) is 11.8 Å². The first-order chi connectivity index (χ1) is 9.83. The van der Waals surface area contributed by atoms with Crippen LogP contribution in [0.4, 0.5) is 0 Å². The van der Waals surface area contributed by atoms with Gasteiger partial charge in [0.25, 0.3) is 5.91 Å². The number of carbonyl (C=O) groups excluding carboxylic acids is 1. The molecule has 3 atom stereocenters. The molecule has 3 aliphatic rings. The fourth-order valence-corrected chi connectivity index (χ4v) is 3.88. The lowest BCUT2D eigenvalue weighted by atomic mass is 10.0. The fraction of sp³-hybridized carbons (Fsp3) is 0.667. The molecule has 1 aliphatic carbocycles. The van der Waals surface area contributed by atoms with Gasteiger partial charge in [0.1, 0.15) is 0 Å². The zero-order valence-corrected chi connectivity index (χ0v) is 12.2. The Morgan fingerprint density at radius 3 is 3.10 bits per heavy atom. The normalized spacial score (nSPS) is 32.6. The molecule has 5 heteroatoms. The maximum atomic E-state index is 12.6. The fourth-order valence-electron chi connectivity index (χ4n) is 3.20. The molecular weight excluding hydrogens is 274 g/mol. The van der Waals surface area contributed by atoms with Crippen LogP contribution in [-0.2, 0) is 9.47 Å². The summed E-state index contributed by atoms with van der Waals surface area (Å²) < 4.78 is 11.7. The van der Waals surface area contributed by atoms with Crippen molar-refractivity contribution in [2.45, 2.75) is 25.0 Å². The average Bonchev–Trinajstić information content (AvgIpc) is 2.90. The molecule has 0 unspecified atom stereocenters. The highest BCUT2D eigenvalue weighted by molar-refractivity contribution is 7.12. The zero-order chi connectivity index (χ0) is 13.5. The summed E-state index contributed by atoms with van der Waals surface area (Å²) >= 11 is 1.51. The highest BCUT2D eigenvalue weighted by Gasteiger charge is 2.48. The standard InChI is InChI=1S/C15H19NO3S/c17-15(14-2-1-5-20-14)16-6-13(19-7-10-3-4-10)11-8-18-9-12(11)16/h1-2,5,10-13H,3-4,6-9H2/t11-,12+,13-/m1/s1. The minimum absolute atomic E-state index is 0.137. The number of nitrogens with zero attached hydrogens (tertiary/aromatic N) is 1. The number of ether oxygens (including phenoxy) is 2. The van der Waals surface area contributed by atoms with Crippen LogP contribution in [0, 0.1) is 11.8 Å². The number of rotatable bonds is 4. The molecular formula is C15H19NO3S. The van der Waals surface area contributed by atoms with Crippen molar-refractivity contribution in [3.63, 3.8) is 0 Å². The van der Waals surface area contributed by atoms with Crippen LogP contribution < -0.4 is 0 Å². The van der Waals surface area contributed by atoms with Crippen LogP contribution >= 0.6 is 11.3 Å². The summed E-state index contributed by atoms with van der Waals surface area (Å²) in [5.74, 6) is 1.26. The van der Waals surface area contributed by atoms with Crippen LogP contribution in [-0.4, -0.2) is 49.3 Å². The SMILES string of the molecule is O=C(c1cccs1)N1C[C@@H](OCC2CC2)[C@@H]2COC[C@@H]21. The number of likely N-dealkylation sites (tertiary alicyclic amines) is 1. The van der Waals surface area contributed by atoms with E-state index in [1.807, 2.05) is 22.4 Å². The van der Waals surface area contributed by atoms with Crippen LogP contribution in [0.2, 0.25) is 0 Å². The molecule has 0 radical (unpaired) electrons. The number of hydrogen-bond acceptors (Lipinski definition) is 4. The zero-order valence-electron chi connectivity index (χ0n) is 11.4. The summed E-state index contributed by atoms with van der Waals surface area (Å²) in [5, 5.41) is 1.95. The van der Waals surface area contributed by atoms with Gasteiger partial charge in [-0.25, -0.2) is 0 Å². The van der Waals surface area contributed by atoms with E-state index >= 15 is 0 Å². The van der Waals surface area contributed by atoms with Gasteiger partial charge in [-0.2, -0.15) is 0 Å². The molecule has 3 fully saturated rings. The Labute approximate surface area is 122 Å². The van der Waals surface area contributed by atoms with E-state index in [2.05, 4.69) is 0 Å². The highest BCUT2D eigenvalue weighted by Crippen LogP contribution is 2.36. The molecule has 1 aromatic rings. The Balaban J connectivity index is 1.47. The van der Waals surface area contributed by atoms with Gasteiger partial charge in [0.05, 0.1) is 30.2 Å². The van der Waals surface area contributed by atoms with E-state index in [1.165, 1.54) is 24.2 Å². The van der Waals surface area contributed by atoms with E-state index in [4.69, 9.17) is 9.47 Å². The largest absolute Gasteiger partial charge is 0.379 e. The molecule has 0 spiro atoms. The first kappa shape index (κ1) is 12.8. The molecule has 1 amide bonds. The van der Waals surface area contributed by atoms with Crippen molar-refractivity contribution in [3.8, 4) is 0 Å². The van der Waals surface area contributed by atoms with Crippen molar-refractivity contribution >= 4 is 17.2 Å². The van der Waals surface area contributed by atoms with Gasteiger partial charge in [-0.1, -0.05) is 6.07 Å². The monoisotopic (exact) mass is 293 g/mol. The summed E-state index contributed by atoms with van der Waals surface area (Å²) in [6, 6.07) is 4.03. The van der Waals surface area contributed by atoms with Crippen molar-refractivity contribution in [1.29, 1.82) is 0 Å². The molecule has 1 saturated carbocycles. The smallest absolute Gasteiger partial charge is 0.264 e. The molecule has 108 valence electrons. The average molecular weight is 293 g/mol. The van der Waals surface area contributed by atoms with Crippen molar-refractivity contribution < 1.29 is 14.3 Å². The van der Waals surface area contributed by atoms with E-state index in [0.717, 1.165) is 30.6 Å². The van der Waals surface area contributed by atoms with Crippen LogP contribution in [0.25, 0.3) is 0 Å². The number of amides is 1. The number of fused-ring (bicyclic) bond motifs is 1. The van der Waals surface area contributed by atoms with Crippen LogP contribution in [0.3, 0.4) is 0 Å². The lowest BCUT2D eigenvalue weighted by Gasteiger charge is -2.21. The third kappa shape index (κ3) is 2.28. The Morgan fingerprint density at radius 2 is 2.35 bits per heavy atom. The van der Waals surface area contributed by atoms with E-state index in [-0.39, 0.29) is 18.1 Å². The Bertz CT molecular complexity index is 485. The Kier molecular flexibility index (Phi) is 3.28. The second-order valence-electron chi connectivity index (χ2n) is 6.02. The first-order valence-corrected chi connectivity index (χ1v) is 8.24. The Morgan fingerprint density at radius 1 is 1.45 bits per heavy atom. The highest BCUT2D eigenvalue weighted by atomic mass is 32.1. The van der Waals surface area contributed by atoms with Crippen molar-refractivity contribution in [3.05, 3.63) is 22.4 Å². The van der Waals surface area contributed by atoms with Crippen molar-refractivity contribution in [2.75, 3.05) is 26.4 Å². The van der Waals surface area contributed by atoms with Crippen LogP contribution in [0.5, 0.6) is 0 Å². The molecule has 0 aromatic carbocycles. The summed E-state index contributed by atoms with van der Waals surface area (Å²) in [5.41, 5.74) is 0. The minimum atomic E-state index is 0.137. The predicted octanol–water partition coefficient (Wildman–Crippen LogP) is 2.01. The topological polar surface area (TPSA) is 38.8 Å². The predicted molar refractivity (Wildman–Crippen MR) is 75.9 cm³/mol. The van der Waals surface area contributed by atoms with Crippen LogP contribution in [0.1, 0.15) is 22.5 Å². The van der Waals surface area contributed by atoms with Gasteiger partial charge >= 0.3 is 0 Å². The molecule has 4 nitrogen and oxygen atoms in total.